The van der Waals surface area contributed by atoms with Crippen molar-refractivity contribution in [2.75, 3.05) is 0 Å². The van der Waals surface area contributed by atoms with Crippen molar-refractivity contribution in [2.24, 2.45) is 13.0 Å². The summed E-state index contributed by atoms with van der Waals surface area (Å²) in [5.74, 6) is 2.88. The van der Waals surface area contributed by atoms with Gasteiger partial charge in [0.25, 0.3) is 0 Å². The third-order valence-electron chi connectivity index (χ3n) is 3.21. The molecule has 4 heteroatoms. The molecule has 0 unspecified atom stereocenters. The maximum absolute atomic E-state index is 4.52. The fraction of sp³-hybridized carbons (Fsp3) is 0.500. The lowest BCUT2D eigenvalue weighted by atomic mass is 10.4. The first-order chi connectivity index (χ1) is 7.74. The van der Waals surface area contributed by atoms with Crippen molar-refractivity contribution in [1.29, 1.82) is 0 Å². The van der Waals surface area contributed by atoms with Crippen molar-refractivity contribution in [2.45, 2.75) is 26.3 Å². The van der Waals surface area contributed by atoms with Gasteiger partial charge >= 0.3 is 0 Å². The van der Waals surface area contributed by atoms with Gasteiger partial charge in [0.15, 0.2) is 5.82 Å². The monoisotopic (exact) mass is 216 g/mol. The van der Waals surface area contributed by atoms with E-state index >= 15 is 0 Å². The Hall–Kier alpha value is -1.58. The molecule has 0 amide bonds. The van der Waals surface area contributed by atoms with E-state index in [0.29, 0.717) is 0 Å². The molecule has 0 spiro atoms. The van der Waals surface area contributed by atoms with Crippen LogP contribution in [0.15, 0.2) is 18.6 Å². The van der Waals surface area contributed by atoms with E-state index in [-0.39, 0.29) is 0 Å². The largest absolute Gasteiger partial charge is 0.337 e. The van der Waals surface area contributed by atoms with Gasteiger partial charge in [-0.15, -0.1) is 0 Å². The summed E-state index contributed by atoms with van der Waals surface area (Å²) in [5.41, 5.74) is 0.977. The van der Waals surface area contributed by atoms with Crippen LogP contribution in [0.4, 0.5) is 0 Å². The molecule has 4 nitrogen and oxygen atoms in total. The molecule has 1 saturated carbocycles. The molecule has 3 rings (SSSR count). The molecule has 1 fully saturated rings. The third-order valence-corrected chi connectivity index (χ3v) is 3.21. The van der Waals surface area contributed by atoms with Crippen LogP contribution in [0.25, 0.3) is 11.5 Å². The van der Waals surface area contributed by atoms with Crippen molar-refractivity contribution < 1.29 is 0 Å². The van der Waals surface area contributed by atoms with Crippen LogP contribution in [-0.2, 0) is 13.6 Å². The third kappa shape index (κ3) is 1.64. The zero-order valence-electron chi connectivity index (χ0n) is 9.72. The summed E-state index contributed by atoms with van der Waals surface area (Å²) < 4.78 is 4.25. The maximum atomic E-state index is 4.52. The van der Waals surface area contributed by atoms with Crippen molar-refractivity contribution in [3.05, 3.63) is 24.4 Å². The van der Waals surface area contributed by atoms with Crippen molar-refractivity contribution in [1.82, 2.24) is 19.1 Å². The average Bonchev–Trinajstić information content (AvgIpc) is 2.83. The molecule has 0 aromatic carbocycles. The van der Waals surface area contributed by atoms with E-state index in [1.807, 2.05) is 30.9 Å². The van der Waals surface area contributed by atoms with Crippen LogP contribution in [0.2, 0.25) is 0 Å². The number of aromatic nitrogens is 4. The predicted octanol–water partition coefficient (Wildman–Crippen LogP) is 2.00. The minimum atomic E-state index is 0.859. The lowest BCUT2D eigenvalue weighted by Gasteiger charge is -2.03. The van der Waals surface area contributed by atoms with Gasteiger partial charge in [-0.1, -0.05) is 0 Å². The topological polar surface area (TPSA) is 35.6 Å². The number of imidazole rings is 2. The number of hydrogen-bond acceptors (Lipinski definition) is 2. The minimum Gasteiger partial charge on any atom is -0.337 e. The van der Waals surface area contributed by atoms with Crippen LogP contribution >= 0.6 is 0 Å². The fourth-order valence-corrected chi connectivity index (χ4v) is 1.93. The summed E-state index contributed by atoms with van der Waals surface area (Å²) in [6.45, 7) is 3.10. The molecular weight excluding hydrogens is 200 g/mol. The average molecular weight is 216 g/mol. The predicted molar refractivity (Wildman–Crippen MR) is 61.9 cm³/mol. The van der Waals surface area contributed by atoms with Gasteiger partial charge < -0.3 is 9.13 Å². The number of hydrogen-bond donors (Lipinski definition) is 0. The molecule has 2 aromatic rings. The summed E-state index contributed by atoms with van der Waals surface area (Å²) in [5, 5.41) is 0. The summed E-state index contributed by atoms with van der Waals surface area (Å²) >= 11 is 0. The van der Waals surface area contributed by atoms with Gasteiger partial charge in [-0.3, -0.25) is 0 Å². The Morgan fingerprint density at radius 1 is 1.44 bits per heavy atom. The number of rotatable bonds is 3. The van der Waals surface area contributed by atoms with Crippen molar-refractivity contribution in [3.8, 4) is 11.5 Å². The molecule has 2 aromatic heterocycles. The van der Waals surface area contributed by atoms with E-state index < -0.39 is 0 Å². The smallest absolute Gasteiger partial charge is 0.160 e. The quantitative estimate of drug-likeness (QED) is 0.786. The van der Waals surface area contributed by atoms with E-state index in [4.69, 9.17) is 0 Å². The van der Waals surface area contributed by atoms with Crippen LogP contribution in [0.5, 0.6) is 0 Å². The molecule has 0 aliphatic heterocycles. The Morgan fingerprint density at radius 3 is 2.88 bits per heavy atom. The molecule has 0 atom stereocenters. The summed E-state index contributed by atoms with van der Waals surface area (Å²) in [4.78, 5) is 8.93. The van der Waals surface area contributed by atoms with Crippen LogP contribution in [-0.4, -0.2) is 19.1 Å². The highest BCUT2D eigenvalue weighted by Gasteiger charge is 2.23. The Bertz CT molecular complexity index is 485. The molecule has 1 aliphatic rings. The summed E-state index contributed by atoms with van der Waals surface area (Å²) in [7, 11) is 2.01. The highest BCUT2D eigenvalue weighted by Crippen LogP contribution is 2.31. The maximum Gasteiger partial charge on any atom is 0.160 e. The van der Waals surface area contributed by atoms with Gasteiger partial charge in [0.05, 0.1) is 0 Å². The number of nitrogens with zero attached hydrogens (tertiary/aromatic N) is 4. The van der Waals surface area contributed by atoms with Crippen LogP contribution in [0.3, 0.4) is 0 Å². The van der Waals surface area contributed by atoms with Crippen LogP contribution < -0.4 is 0 Å². The molecule has 2 heterocycles. The minimum absolute atomic E-state index is 0.859. The molecule has 0 N–H and O–H groups in total. The molecule has 0 saturated heterocycles. The van der Waals surface area contributed by atoms with E-state index in [9.17, 15) is 0 Å². The van der Waals surface area contributed by atoms with Gasteiger partial charge in [0, 0.05) is 32.2 Å². The first-order valence-corrected chi connectivity index (χ1v) is 5.75. The summed E-state index contributed by atoms with van der Waals surface area (Å²) in [6.07, 6.45) is 8.68. The first-order valence-electron chi connectivity index (χ1n) is 5.75. The van der Waals surface area contributed by atoms with Gasteiger partial charge in [0.1, 0.15) is 11.5 Å². The van der Waals surface area contributed by atoms with E-state index in [0.717, 1.165) is 29.8 Å². The molecule has 84 valence electrons. The molecule has 0 bridgehead atoms. The fourth-order valence-electron chi connectivity index (χ4n) is 1.93. The lowest BCUT2D eigenvalue weighted by molar-refractivity contribution is 0.631. The lowest BCUT2D eigenvalue weighted by Crippen LogP contribution is -2.01. The zero-order valence-corrected chi connectivity index (χ0v) is 9.72. The van der Waals surface area contributed by atoms with Crippen LogP contribution in [0, 0.1) is 12.8 Å². The van der Waals surface area contributed by atoms with Crippen molar-refractivity contribution in [3.63, 3.8) is 0 Å². The Kier molecular flexibility index (Phi) is 2.09. The van der Waals surface area contributed by atoms with Gasteiger partial charge in [-0.25, -0.2) is 9.97 Å². The Labute approximate surface area is 94.9 Å². The Balaban J connectivity index is 1.95. The second-order valence-electron chi connectivity index (χ2n) is 4.63. The first kappa shape index (κ1) is 9.63. The van der Waals surface area contributed by atoms with Crippen molar-refractivity contribution >= 4 is 0 Å². The zero-order chi connectivity index (χ0) is 11.1. The van der Waals surface area contributed by atoms with Crippen LogP contribution in [0.1, 0.15) is 18.7 Å². The standard InChI is InChI=1S/C12H16N4/c1-9-14-11(8-15(9)2)12-13-5-6-16(12)7-10-3-4-10/h5-6,8,10H,3-4,7H2,1-2H3. The number of aryl methyl sites for hydroxylation is 2. The highest BCUT2D eigenvalue weighted by atomic mass is 15.1. The molecule has 0 radical (unpaired) electrons. The molecule has 16 heavy (non-hydrogen) atoms. The molecule has 1 aliphatic carbocycles. The van der Waals surface area contributed by atoms with Gasteiger partial charge in [0.2, 0.25) is 0 Å². The summed E-state index contributed by atoms with van der Waals surface area (Å²) in [6, 6.07) is 0. The van der Waals surface area contributed by atoms with E-state index in [2.05, 4.69) is 20.7 Å². The molecular formula is C12H16N4. The van der Waals surface area contributed by atoms with E-state index in [1.54, 1.807) is 0 Å². The normalized spacial score (nSPS) is 15.6. The second kappa shape index (κ2) is 3.47. The van der Waals surface area contributed by atoms with Gasteiger partial charge in [-0.05, 0) is 25.7 Å². The van der Waals surface area contributed by atoms with E-state index in [1.165, 1.54) is 12.8 Å². The second-order valence-corrected chi connectivity index (χ2v) is 4.63. The highest BCUT2D eigenvalue weighted by molar-refractivity contribution is 5.49. The van der Waals surface area contributed by atoms with Gasteiger partial charge in [-0.2, -0.15) is 0 Å². The SMILES string of the molecule is Cc1nc(-c2nccn2CC2CC2)cn1C. The Morgan fingerprint density at radius 2 is 2.25 bits per heavy atom.